The van der Waals surface area contributed by atoms with Crippen molar-refractivity contribution in [1.82, 2.24) is 4.98 Å². The molecule has 0 bridgehead atoms. The van der Waals surface area contributed by atoms with E-state index in [2.05, 4.69) is 4.98 Å². The maximum Gasteiger partial charge on any atom is 0.301 e. The standard InChI is InChI=1S/C13H10N2O4S/c16-15(17)10-2-1-5-14-13(10)20-9-3-4-11-12(8-9)19-7-6-18-11/h1-5,8H,6-7H2. The van der Waals surface area contributed by atoms with Crippen molar-refractivity contribution in [3.8, 4) is 11.5 Å². The summed E-state index contributed by atoms with van der Waals surface area (Å²) in [6, 6.07) is 8.42. The predicted molar refractivity (Wildman–Crippen MR) is 72.4 cm³/mol. The van der Waals surface area contributed by atoms with Gasteiger partial charge in [-0.15, -0.1) is 0 Å². The number of fused-ring (bicyclic) bond motifs is 1. The van der Waals surface area contributed by atoms with Crippen molar-refractivity contribution in [2.75, 3.05) is 13.2 Å². The van der Waals surface area contributed by atoms with Crippen LogP contribution in [0.25, 0.3) is 0 Å². The maximum atomic E-state index is 11.0. The molecule has 0 unspecified atom stereocenters. The third kappa shape index (κ3) is 2.53. The quantitative estimate of drug-likeness (QED) is 0.639. The average molecular weight is 290 g/mol. The molecule has 7 heteroatoms. The van der Waals surface area contributed by atoms with E-state index in [0.717, 1.165) is 4.90 Å². The van der Waals surface area contributed by atoms with Gasteiger partial charge in [0.05, 0.1) is 4.92 Å². The summed E-state index contributed by atoms with van der Waals surface area (Å²) in [5, 5.41) is 11.3. The van der Waals surface area contributed by atoms with Crippen molar-refractivity contribution >= 4 is 17.4 Å². The van der Waals surface area contributed by atoms with Crippen molar-refractivity contribution in [2.24, 2.45) is 0 Å². The van der Waals surface area contributed by atoms with E-state index >= 15 is 0 Å². The zero-order valence-electron chi connectivity index (χ0n) is 10.3. The zero-order valence-corrected chi connectivity index (χ0v) is 11.1. The highest BCUT2D eigenvalue weighted by atomic mass is 32.2. The Morgan fingerprint density at radius 3 is 2.80 bits per heavy atom. The second-order valence-corrected chi connectivity index (χ2v) is 5.05. The van der Waals surface area contributed by atoms with E-state index in [1.807, 2.05) is 6.07 Å². The molecule has 1 aromatic heterocycles. The molecule has 1 aliphatic heterocycles. The Morgan fingerprint density at radius 1 is 1.20 bits per heavy atom. The molecule has 1 aliphatic rings. The molecule has 20 heavy (non-hydrogen) atoms. The van der Waals surface area contributed by atoms with E-state index in [1.54, 1.807) is 18.2 Å². The number of pyridine rings is 1. The molecule has 6 nitrogen and oxygen atoms in total. The number of hydrogen-bond acceptors (Lipinski definition) is 6. The number of ether oxygens (including phenoxy) is 2. The summed E-state index contributed by atoms with van der Waals surface area (Å²) in [6.45, 7) is 1.04. The topological polar surface area (TPSA) is 74.5 Å². The molecule has 0 radical (unpaired) electrons. The highest BCUT2D eigenvalue weighted by Gasteiger charge is 2.17. The van der Waals surface area contributed by atoms with Crippen LogP contribution in [-0.4, -0.2) is 23.1 Å². The molecule has 1 aromatic carbocycles. The van der Waals surface area contributed by atoms with Gasteiger partial charge in [-0.1, -0.05) is 11.8 Å². The largest absolute Gasteiger partial charge is 0.486 e. The Hall–Kier alpha value is -2.28. The highest BCUT2D eigenvalue weighted by Crippen LogP contribution is 2.38. The minimum absolute atomic E-state index is 0.00705. The van der Waals surface area contributed by atoms with Gasteiger partial charge in [0.1, 0.15) is 13.2 Å². The summed E-state index contributed by atoms with van der Waals surface area (Å²) in [6.07, 6.45) is 1.54. The smallest absolute Gasteiger partial charge is 0.301 e. The highest BCUT2D eigenvalue weighted by molar-refractivity contribution is 7.99. The van der Waals surface area contributed by atoms with Crippen LogP contribution in [0.5, 0.6) is 11.5 Å². The van der Waals surface area contributed by atoms with Crippen molar-refractivity contribution in [3.05, 3.63) is 46.6 Å². The van der Waals surface area contributed by atoms with E-state index in [-0.39, 0.29) is 5.69 Å². The van der Waals surface area contributed by atoms with Gasteiger partial charge in [0.25, 0.3) is 0 Å². The minimum Gasteiger partial charge on any atom is -0.486 e. The summed E-state index contributed by atoms with van der Waals surface area (Å²) < 4.78 is 10.9. The molecule has 2 heterocycles. The van der Waals surface area contributed by atoms with Gasteiger partial charge in [0.15, 0.2) is 16.5 Å². The van der Waals surface area contributed by atoms with Crippen LogP contribution in [0.2, 0.25) is 0 Å². The van der Waals surface area contributed by atoms with Gasteiger partial charge in [-0.05, 0) is 24.3 Å². The van der Waals surface area contributed by atoms with Crippen molar-refractivity contribution in [3.63, 3.8) is 0 Å². The molecule has 0 saturated heterocycles. The Bertz CT molecular complexity index is 663. The lowest BCUT2D eigenvalue weighted by atomic mass is 10.3. The number of nitrogens with zero attached hydrogens (tertiary/aromatic N) is 2. The fourth-order valence-corrected chi connectivity index (χ4v) is 2.68. The van der Waals surface area contributed by atoms with Crippen LogP contribution < -0.4 is 9.47 Å². The average Bonchev–Trinajstić information content (AvgIpc) is 2.47. The van der Waals surface area contributed by atoms with Crippen LogP contribution in [0.15, 0.2) is 46.5 Å². The van der Waals surface area contributed by atoms with E-state index < -0.39 is 4.92 Å². The first-order valence-electron chi connectivity index (χ1n) is 5.91. The molecule has 102 valence electrons. The molecule has 0 saturated carbocycles. The molecule has 0 fully saturated rings. The molecular formula is C13H10N2O4S. The second-order valence-electron chi connectivity index (χ2n) is 3.99. The second kappa shape index (κ2) is 5.38. The third-order valence-electron chi connectivity index (χ3n) is 2.68. The first kappa shape index (κ1) is 12.7. The summed E-state index contributed by atoms with van der Waals surface area (Å²) in [4.78, 5) is 15.4. The van der Waals surface area contributed by atoms with Crippen molar-refractivity contribution in [2.45, 2.75) is 9.92 Å². The van der Waals surface area contributed by atoms with Crippen molar-refractivity contribution in [1.29, 1.82) is 0 Å². The Kier molecular flexibility index (Phi) is 3.42. The predicted octanol–water partition coefficient (Wildman–Crippen LogP) is 2.91. The van der Waals surface area contributed by atoms with E-state index in [0.29, 0.717) is 29.7 Å². The first-order valence-corrected chi connectivity index (χ1v) is 6.72. The Morgan fingerprint density at radius 2 is 2.00 bits per heavy atom. The number of rotatable bonds is 3. The van der Waals surface area contributed by atoms with E-state index in [1.165, 1.54) is 24.0 Å². The first-order chi connectivity index (χ1) is 9.74. The fourth-order valence-electron chi connectivity index (χ4n) is 1.80. The van der Waals surface area contributed by atoms with Gasteiger partial charge >= 0.3 is 5.69 Å². The fraction of sp³-hybridized carbons (Fsp3) is 0.154. The number of nitro groups is 1. The molecule has 0 aliphatic carbocycles. The van der Waals surface area contributed by atoms with Gasteiger partial charge < -0.3 is 9.47 Å². The summed E-state index contributed by atoms with van der Waals surface area (Å²) in [5.74, 6) is 1.34. The summed E-state index contributed by atoms with van der Waals surface area (Å²) in [5.41, 5.74) is -0.00705. The number of hydrogen-bond donors (Lipinski definition) is 0. The van der Waals surface area contributed by atoms with Gasteiger partial charge in [-0.3, -0.25) is 10.1 Å². The van der Waals surface area contributed by atoms with Gasteiger partial charge in [0.2, 0.25) is 0 Å². The van der Waals surface area contributed by atoms with Crippen LogP contribution in [0.3, 0.4) is 0 Å². The van der Waals surface area contributed by atoms with Crippen molar-refractivity contribution < 1.29 is 14.4 Å². The molecule has 0 atom stereocenters. The van der Waals surface area contributed by atoms with Crippen LogP contribution in [0.1, 0.15) is 0 Å². The summed E-state index contributed by atoms with van der Waals surface area (Å²) >= 11 is 1.23. The molecule has 2 aromatic rings. The minimum atomic E-state index is -0.437. The van der Waals surface area contributed by atoms with Crippen LogP contribution in [0.4, 0.5) is 5.69 Å². The maximum absolute atomic E-state index is 11.0. The number of benzene rings is 1. The van der Waals surface area contributed by atoms with Gasteiger partial charge in [0, 0.05) is 17.2 Å². The molecule has 3 rings (SSSR count). The van der Waals surface area contributed by atoms with Crippen LogP contribution in [-0.2, 0) is 0 Å². The molecule has 0 N–H and O–H groups in total. The SMILES string of the molecule is O=[N+]([O-])c1cccnc1Sc1ccc2c(c1)OCCO2. The zero-order chi connectivity index (χ0) is 13.9. The third-order valence-corrected chi connectivity index (χ3v) is 3.67. The molecule has 0 amide bonds. The van der Waals surface area contributed by atoms with E-state index in [4.69, 9.17) is 9.47 Å². The van der Waals surface area contributed by atoms with E-state index in [9.17, 15) is 10.1 Å². The lowest BCUT2D eigenvalue weighted by Crippen LogP contribution is -2.15. The lowest BCUT2D eigenvalue weighted by Gasteiger charge is -2.18. The lowest BCUT2D eigenvalue weighted by molar-refractivity contribution is -0.388. The monoisotopic (exact) mass is 290 g/mol. The number of aromatic nitrogens is 1. The van der Waals surface area contributed by atoms with Gasteiger partial charge in [-0.2, -0.15) is 0 Å². The van der Waals surface area contributed by atoms with Crippen LogP contribution in [0, 0.1) is 10.1 Å². The summed E-state index contributed by atoms with van der Waals surface area (Å²) in [7, 11) is 0. The molecule has 0 spiro atoms. The van der Waals surface area contributed by atoms with Crippen LogP contribution >= 0.6 is 11.8 Å². The van der Waals surface area contributed by atoms with Gasteiger partial charge in [-0.25, -0.2) is 4.98 Å². The Balaban J connectivity index is 1.90. The normalized spacial score (nSPS) is 13.0. The Labute approximate surface area is 118 Å². The molecular weight excluding hydrogens is 280 g/mol.